The van der Waals surface area contributed by atoms with Crippen LogP contribution in [-0.4, -0.2) is 10.7 Å². The van der Waals surface area contributed by atoms with Crippen molar-refractivity contribution < 1.29 is 9.15 Å². The monoisotopic (exact) mass is 668 g/mol. The summed E-state index contributed by atoms with van der Waals surface area (Å²) in [5, 5.41) is 4.68. The zero-order valence-electron chi connectivity index (χ0n) is 28.2. The van der Waals surface area contributed by atoms with Gasteiger partial charge in [0.1, 0.15) is 17.4 Å². The van der Waals surface area contributed by atoms with Crippen LogP contribution >= 0.6 is 0 Å². The van der Waals surface area contributed by atoms with E-state index in [-0.39, 0.29) is 12.0 Å². The largest absolute Gasteiger partial charge is 0.485 e. The number of allylic oxidation sites excluding steroid dienone is 1. The Bertz CT molecular complexity index is 2890. The van der Waals surface area contributed by atoms with Crippen LogP contribution in [0, 0.1) is 0 Å². The molecule has 0 saturated heterocycles. The van der Waals surface area contributed by atoms with Gasteiger partial charge in [-0.15, -0.1) is 0 Å². The molecular weight excluding hydrogens is 637 g/mol. The van der Waals surface area contributed by atoms with E-state index in [0.717, 1.165) is 61.5 Å². The molecular formula is C48H32N2O2. The summed E-state index contributed by atoms with van der Waals surface area (Å²) < 4.78 is 15.1. The van der Waals surface area contributed by atoms with Crippen LogP contribution < -0.4 is 9.64 Å². The maximum atomic E-state index is 6.50. The highest BCUT2D eigenvalue weighted by atomic mass is 16.5. The van der Waals surface area contributed by atoms with Crippen molar-refractivity contribution in [3.63, 3.8) is 0 Å². The van der Waals surface area contributed by atoms with E-state index in [4.69, 9.17) is 9.15 Å². The Morgan fingerprint density at radius 3 is 2.15 bits per heavy atom. The molecule has 11 rings (SSSR count). The molecule has 1 aliphatic heterocycles. The summed E-state index contributed by atoms with van der Waals surface area (Å²) in [6.45, 7) is 0. The second kappa shape index (κ2) is 11.4. The quantitative estimate of drug-likeness (QED) is 0.183. The maximum absolute atomic E-state index is 6.50. The van der Waals surface area contributed by atoms with Gasteiger partial charge in [0.2, 0.25) is 0 Å². The Labute approximate surface area is 300 Å². The first-order valence-corrected chi connectivity index (χ1v) is 17.8. The Morgan fingerprint density at radius 2 is 1.25 bits per heavy atom. The first kappa shape index (κ1) is 29.0. The number of para-hydroxylation sites is 5. The number of ether oxygens (including phenoxy) is 1. The lowest BCUT2D eigenvalue weighted by Gasteiger charge is -2.30. The Morgan fingerprint density at radius 1 is 0.538 bits per heavy atom. The minimum absolute atomic E-state index is 0.0219. The Kier molecular flexibility index (Phi) is 6.34. The second-order valence-corrected chi connectivity index (χ2v) is 13.7. The van der Waals surface area contributed by atoms with Crippen LogP contribution in [0.25, 0.3) is 60.6 Å². The van der Waals surface area contributed by atoms with Gasteiger partial charge in [-0.2, -0.15) is 0 Å². The SMILES string of the molecule is C1=CC2Oc3ccccc3C2C=C1N(c1ccccc1)c1ccc(-c2ccc3c(c2)c2ccccc2n3-c2cccc3c2oc2ccccc23)cc1. The van der Waals surface area contributed by atoms with Gasteiger partial charge in [-0.3, -0.25) is 0 Å². The lowest BCUT2D eigenvalue weighted by atomic mass is 9.90. The van der Waals surface area contributed by atoms with Crippen molar-refractivity contribution >= 4 is 55.1 Å². The van der Waals surface area contributed by atoms with Crippen LogP contribution in [0.4, 0.5) is 11.4 Å². The van der Waals surface area contributed by atoms with Crippen molar-refractivity contribution in [3.8, 4) is 22.6 Å². The maximum Gasteiger partial charge on any atom is 0.159 e. The molecule has 0 N–H and O–H groups in total. The summed E-state index contributed by atoms with van der Waals surface area (Å²) in [5.74, 6) is 1.15. The van der Waals surface area contributed by atoms with Crippen molar-refractivity contribution in [3.05, 3.63) is 193 Å². The minimum Gasteiger partial charge on any atom is -0.485 e. The van der Waals surface area contributed by atoms with Crippen LogP contribution in [0.2, 0.25) is 0 Å². The summed E-state index contributed by atoms with van der Waals surface area (Å²) in [4.78, 5) is 2.34. The van der Waals surface area contributed by atoms with E-state index in [1.54, 1.807) is 0 Å². The number of furan rings is 1. The normalized spacial score (nSPS) is 16.3. The molecule has 52 heavy (non-hydrogen) atoms. The molecule has 9 aromatic rings. The van der Waals surface area contributed by atoms with Crippen molar-refractivity contribution in [2.45, 2.75) is 12.0 Å². The fourth-order valence-electron chi connectivity index (χ4n) is 8.33. The highest BCUT2D eigenvalue weighted by Crippen LogP contribution is 2.44. The van der Waals surface area contributed by atoms with Gasteiger partial charge < -0.3 is 18.6 Å². The molecule has 0 fully saturated rings. The van der Waals surface area contributed by atoms with Crippen molar-refractivity contribution in [1.82, 2.24) is 4.57 Å². The Balaban J connectivity index is 1.00. The highest BCUT2D eigenvalue weighted by Gasteiger charge is 2.34. The smallest absolute Gasteiger partial charge is 0.159 e. The van der Waals surface area contributed by atoms with Gasteiger partial charge in [0, 0.05) is 50.1 Å². The molecule has 0 amide bonds. The number of aromatic nitrogens is 1. The first-order chi connectivity index (χ1) is 25.8. The van der Waals surface area contributed by atoms with Gasteiger partial charge in [-0.05, 0) is 90.0 Å². The van der Waals surface area contributed by atoms with E-state index in [1.165, 1.54) is 27.5 Å². The third-order valence-electron chi connectivity index (χ3n) is 10.7. The number of rotatable bonds is 5. The second-order valence-electron chi connectivity index (χ2n) is 13.7. The predicted molar refractivity (Wildman–Crippen MR) is 213 cm³/mol. The number of anilines is 2. The van der Waals surface area contributed by atoms with Crippen molar-refractivity contribution in [2.24, 2.45) is 0 Å². The summed E-state index contributed by atoms with van der Waals surface area (Å²) in [6, 6.07) is 58.2. The van der Waals surface area contributed by atoms with Gasteiger partial charge in [-0.1, -0.05) is 103 Å². The molecule has 0 spiro atoms. The fourth-order valence-corrected chi connectivity index (χ4v) is 8.33. The van der Waals surface area contributed by atoms with Crippen molar-refractivity contribution in [2.75, 3.05) is 4.90 Å². The van der Waals surface area contributed by atoms with Gasteiger partial charge >= 0.3 is 0 Å². The van der Waals surface area contributed by atoms with Gasteiger partial charge in [-0.25, -0.2) is 0 Å². The molecule has 2 aliphatic rings. The molecule has 3 heterocycles. The molecule has 0 bridgehead atoms. The molecule has 4 heteroatoms. The standard InChI is InChI=1S/C48H32N2O2/c1-2-11-33(12-3-1)49(35-26-28-47-41(30-35)38-15-6-8-19-45(38)51-47)34-24-21-31(22-25-34)32-23-27-43-40(29-32)36-13-4-7-17-42(36)50(43)44-18-10-16-39-37-14-5-9-20-46(37)52-48(39)44/h1-30,41,47H. The van der Waals surface area contributed by atoms with Crippen LogP contribution in [0.1, 0.15) is 11.5 Å². The van der Waals surface area contributed by atoms with E-state index < -0.39 is 0 Å². The summed E-state index contributed by atoms with van der Waals surface area (Å²) in [7, 11) is 0. The molecule has 1 aliphatic carbocycles. The average Bonchev–Trinajstić information content (AvgIpc) is 3.88. The molecule has 0 radical (unpaired) electrons. The van der Waals surface area contributed by atoms with Crippen LogP contribution in [0.5, 0.6) is 5.75 Å². The summed E-state index contributed by atoms with van der Waals surface area (Å²) >= 11 is 0. The zero-order chi connectivity index (χ0) is 34.2. The molecule has 2 aromatic heterocycles. The molecule has 2 atom stereocenters. The van der Waals surface area contributed by atoms with Crippen LogP contribution in [-0.2, 0) is 0 Å². The lowest BCUT2D eigenvalue weighted by molar-refractivity contribution is 0.268. The molecule has 4 nitrogen and oxygen atoms in total. The molecule has 7 aromatic carbocycles. The zero-order valence-corrected chi connectivity index (χ0v) is 28.2. The summed E-state index contributed by atoms with van der Waals surface area (Å²) in [5.41, 5.74) is 12.1. The minimum atomic E-state index is 0.0219. The number of benzene rings is 7. The fraction of sp³-hybridized carbons (Fsp3) is 0.0417. The number of fused-ring (bicyclic) bond motifs is 9. The van der Waals surface area contributed by atoms with Gasteiger partial charge in [0.15, 0.2) is 5.58 Å². The van der Waals surface area contributed by atoms with E-state index in [1.807, 2.05) is 18.2 Å². The van der Waals surface area contributed by atoms with E-state index in [2.05, 4.69) is 173 Å². The average molecular weight is 669 g/mol. The number of nitrogens with zero attached hydrogens (tertiary/aromatic N) is 2. The molecule has 2 unspecified atom stereocenters. The van der Waals surface area contributed by atoms with Crippen LogP contribution in [0.3, 0.4) is 0 Å². The lowest BCUT2D eigenvalue weighted by Crippen LogP contribution is -2.23. The van der Waals surface area contributed by atoms with Crippen molar-refractivity contribution in [1.29, 1.82) is 0 Å². The topological polar surface area (TPSA) is 30.5 Å². The van der Waals surface area contributed by atoms with Gasteiger partial charge in [0.25, 0.3) is 0 Å². The molecule has 0 saturated carbocycles. The third kappa shape index (κ3) is 4.41. The Hall–Kier alpha value is -6.78. The van der Waals surface area contributed by atoms with Crippen LogP contribution in [0.15, 0.2) is 192 Å². The number of hydrogen-bond donors (Lipinski definition) is 0. The predicted octanol–water partition coefficient (Wildman–Crippen LogP) is 12.5. The highest BCUT2D eigenvalue weighted by molar-refractivity contribution is 6.13. The third-order valence-corrected chi connectivity index (χ3v) is 10.7. The first-order valence-electron chi connectivity index (χ1n) is 17.8. The molecule has 246 valence electrons. The van der Waals surface area contributed by atoms with Gasteiger partial charge in [0.05, 0.1) is 16.7 Å². The summed E-state index contributed by atoms with van der Waals surface area (Å²) in [6.07, 6.45) is 6.77. The van der Waals surface area contributed by atoms with E-state index in [9.17, 15) is 0 Å². The van der Waals surface area contributed by atoms with E-state index in [0.29, 0.717) is 0 Å². The van der Waals surface area contributed by atoms with E-state index >= 15 is 0 Å². The number of hydrogen-bond acceptors (Lipinski definition) is 3.